The molecule has 0 amide bonds. The van der Waals surface area contributed by atoms with Crippen molar-refractivity contribution in [1.29, 1.82) is 0 Å². The van der Waals surface area contributed by atoms with Gasteiger partial charge in [0.1, 0.15) is 6.10 Å². The predicted octanol–water partition coefficient (Wildman–Crippen LogP) is 3.12. The van der Waals surface area contributed by atoms with Crippen molar-refractivity contribution >= 4 is 17.9 Å². The Labute approximate surface area is 234 Å². The first-order valence-corrected chi connectivity index (χ1v) is 13.7. The number of carbonyl (C=O) groups excluding carboxylic acids is 3. The van der Waals surface area contributed by atoms with Gasteiger partial charge in [-0.25, -0.2) is 4.79 Å². The Morgan fingerprint density at radius 2 is 1.60 bits per heavy atom. The molecule has 0 saturated heterocycles. The van der Waals surface area contributed by atoms with Gasteiger partial charge in [0, 0.05) is 26.2 Å². The highest BCUT2D eigenvalue weighted by Gasteiger charge is 2.65. The van der Waals surface area contributed by atoms with Crippen LogP contribution >= 0.6 is 0 Å². The van der Waals surface area contributed by atoms with E-state index >= 15 is 0 Å². The van der Waals surface area contributed by atoms with Gasteiger partial charge in [-0.15, -0.1) is 0 Å². The molecule has 9 atom stereocenters. The van der Waals surface area contributed by atoms with Crippen LogP contribution in [0.15, 0.2) is 53.6 Å². The fourth-order valence-corrected chi connectivity index (χ4v) is 7.35. The first-order chi connectivity index (χ1) is 18.6. The lowest BCUT2D eigenvalue weighted by Crippen LogP contribution is -2.60. The zero-order valence-corrected chi connectivity index (χ0v) is 23.9. The highest BCUT2D eigenvalue weighted by atomic mass is 16.6. The smallest absolute Gasteiger partial charge is 0.338 e. The number of aliphatic hydroxyl groups excluding tert-OH is 2. The minimum atomic E-state index is -1.34. The van der Waals surface area contributed by atoms with E-state index in [1.54, 1.807) is 58.0 Å². The molecule has 9 nitrogen and oxygen atoms in total. The van der Waals surface area contributed by atoms with Gasteiger partial charge in [-0.2, -0.15) is 0 Å². The summed E-state index contributed by atoms with van der Waals surface area (Å²) in [7, 11) is 0. The third-order valence-electron chi connectivity index (χ3n) is 9.17. The average Bonchev–Trinajstić information content (AvgIpc) is 3.06. The minimum Gasteiger partial charge on any atom is -0.462 e. The number of aliphatic hydroxyl groups is 3. The number of fused-ring (bicyclic) bond motifs is 2. The molecule has 218 valence electrons. The highest BCUT2D eigenvalue weighted by molar-refractivity contribution is 5.89. The van der Waals surface area contributed by atoms with Gasteiger partial charge < -0.3 is 29.5 Å². The Kier molecular flexibility index (Phi) is 8.06. The summed E-state index contributed by atoms with van der Waals surface area (Å²) in [6, 6.07) is 8.37. The van der Waals surface area contributed by atoms with Crippen LogP contribution in [0.5, 0.6) is 0 Å². The zero-order valence-electron chi connectivity index (χ0n) is 23.9. The lowest BCUT2D eigenvalue weighted by molar-refractivity contribution is -0.195. The average molecular weight is 557 g/mol. The molecule has 0 heterocycles. The summed E-state index contributed by atoms with van der Waals surface area (Å²) in [4.78, 5) is 38.4. The van der Waals surface area contributed by atoms with E-state index in [0.29, 0.717) is 16.7 Å². The van der Waals surface area contributed by atoms with Gasteiger partial charge in [-0.3, -0.25) is 9.59 Å². The van der Waals surface area contributed by atoms with Crippen LogP contribution in [0.4, 0.5) is 0 Å². The molecule has 3 N–H and O–H groups in total. The van der Waals surface area contributed by atoms with Crippen molar-refractivity contribution in [3.63, 3.8) is 0 Å². The Morgan fingerprint density at radius 3 is 2.15 bits per heavy atom. The van der Waals surface area contributed by atoms with E-state index in [1.807, 2.05) is 0 Å². The number of esters is 3. The van der Waals surface area contributed by atoms with Gasteiger partial charge in [0.2, 0.25) is 0 Å². The summed E-state index contributed by atoms with van der Waals surface area (Å²) < 4.78 is 18.0. The van der Waals surface area contributed by atoms with Crippen molar-refractivity contribution < 1.29 is 43.9 Å². The molecule has 0 radical (unpaired) electrons. The molecule has 4 rings (SSSR count). The van der Waals surface area contributed by atoms with Gasteiger partial charge in [-0.05, 0) is 67.9 Å². The number of ether oxygens (including phenoxy) is 3. The Morgan fingerprint density at radius 1 is 1.00 bits per heavy atom. The third kappa shape index (κ3) is 5.10. The number of carbonyl (C=O) groups is 3. The van der Waals surface area contributed by atoms with E-state index in [-0.39, 0.29) is 18.4 Å². The molecule has 1 aromatic carbocycles. The third-order valence-corrected chi connectivity index (χ3v) is 9.17. The predicted molar refractivity (Wildman–Crippen MR) is 145 cm³/mol. The molecule has 0 spiro atoms. The lowest BCUT2D eigenvalue weighted by Gasteiger charge is -2.52. The molecule has 3 aliphatic carbocycles. The van der Waals surface area contributed by atoms with Gasteiger partial charge >= 0.3 is 17.9 Å². The van der Waals surface area contributed by atoms with E-state index in [0.717, 1.165) is 0 Å². The number of benzene rings is 1. The SMILES string of the molecule is C=C1C2CC3C(=C(C)[C@@H](O)[C@@H]3C(C)(C)O)[C@@H](OC(=O)c3ccccc3)[C@H](OC(C)=O)[C@]2(C)[C@@H](OC(C)=O)C[C@@H]1O. The second-order valence-corrected chi connectivity index (χ2v) is 12.2. The minimum absolute atomic E-state index is 0.0166. The van der Waals surface area contributed by atoms with Crippen molar-refractivity contribution in [1.82, 2.24) is 0 Å². The van der Waals surface area contributed by atoms with Crippen LogP contribution in [0.3, 0.4) is 0 Å². The fraction of sp³-hybridized carbons (Fsp3) is 0.581. The normalized spacial score (nSPS) is 35.8. The van der Waals surface area contributed by atoms with Crippen LogP contribution in [0, 0.1) is 23.2 Å². The van der Waals surface area contributed by atoms with Gasteiger partial charge in [0.15, 0.2) is 12.2 Å². The maximum Gasteiger partial charge on any atom is 0.338 e. The summed E-state index contributed by atoms with van der Waals surface area (Å²) in [6.07, 6.45) is -5.04. The first-order valence-electron chi connectivity index (χ1n) is 13.7. The summed E-state index contributed by atoms with van der Waals surface area (Å²) in [5.74, 6) is -3.70. The van der Waals surface area contributed by atoms with Gasteiger partial charge in [0.25, 0.3) is 0 Å². The molecule has 9 heteroatoms. The van der Waals surface area contributed by atoms with Crippen LogP contribution in [0.1, 0.15) is 64.7 Å². The van der Waals surface area contributed by atoms with Crippen LogP contribution < -0.4 is 0 Å². The van der Waals surface area contributed by atoms with Gasteiger partial charge in [0.05, 0.1) is 28.8 Å². The molecular weight excluding hydrogens is 516 g/mol. The Bertz CT molecular complexity index is 1210. The molecule has 0 bridgehead atoms. The summed E-state index contributed by atoms with van der Waals surface area (Å²) in [5, 5.41) is 33.6. The maximum atomic E-state index is 13.5. The molecule has 2 saturated carbocycles. The molecule has 3 aliphatic rings. The van der Waals surface area contributed by atoms with Crippen LogP contribution in [0.25, 0.3) is 0 Å². The molecule has 2 unspecified atom stereocenters. The highest BCUT2D eigenvalue weighted by Crippen LogP contribution is 2.60. The second-order valence-electron chi connectivity index (χ2n) is 12.2. The summed E-state index contributed by atoms with van der Waals surface area (Å²) >= 11 is 0. The van der Waals surface area contributed by atoms with E-state index in [4.69, 9.17) is 14.2 Å². The summed E-state index contributed by atoms with van der Waals surface area (Å²) in [5.41, 5.74) is -0.717. The quantitative estimate of drug-likeness (QED) is 0.284. The largest absolute Gasteiger partial charge is 0.462 e. The van der Waals surface area contributed by atoms with Crippen molar-refractivity contribution in [2.75, 3.05) is 0 Å². The molecular formula is C31H40O9. The molecule has 1 aromatic rings. The fourth-order valence-electron chi connectivity index (χ4n) is 7.35. The van der Waals surface area contributed by atoms with E-state index < -0.39 is 77.2 Å². The number of rotatable bonds is 5. The second kappa shape index (κ2) is 10.8. The van der Waals surface area contributed by atoms with Crippen LogP contribution in [-0.2, 0) is 23.8 Å². The van der Waals surface area contributed by atoms with E-state index in [9.17, 15) is 29.7 Å². The number of hydrogen-bond donors (Lipinski definition) is 3. The lowest BCUT2D eigenvalue weighted by atomic mass is 9.58. The Balaban J connectivity index is 1.98. The van der Waals surface area contributed by atoms with Crippen LogP contribution in [0.2, 0.25) is 0 Å². The summed E-state index contributed by atoms with van der Waals surface area (Å²) in [6.45, 7) is 13.4. The number of hydrogen-bond acceptors (Lipinski definition) is 9. The van der Waals surface area contributed by atoms with Crippen molar-refractivity contribution in [3.8, 4) is 0 Å². The van der Waals surface area contributed by atoms with Gasteiger partial charge in [-0.1, -0.05) is 31.7 Å². The monoisotopic (exact) mass is 556 g/mol. The molecule has 0 aromatic heterocycles. The Hall–Kier alpha value is -3.01. The topological polar surface area (TPSA) is 140 Å². The van der Waals surface area contributed by atoms with E-state index in [2.05, 4.69) is 6.58 Å². The molecule has 40 heavy (non-hydrogen) atoms. The molecule has 2 fully saturated rings. The van der Waals surface area contributed by atoms with Crippen molar-refractivity contribution in [3.05, 3.63) is 59.2 Å². The maximum absolute atomic E-state index is 13.5. The van der Waals surface area contributed by atoms with Crippen molar-refractivity contribution in [2.24, 2.45) is 23.2 Å². The zero-order chi connectivity index (χ0) is 29.7. The van der Waals surface area contributed by atoms with E-state index in [1.165, 1.54) is 13.8 Å². The standard InChI is InChI=1S/C31H40O9/c1-15-21-13-20-24(16(2)26(35)25(20)30(5,6)37)27(40-29(36)19-11-9-8-10-12-19)28(39-18(4)33)31(21,7)23(14-22(15)34)38-17(3)32/h8-12,20-23,25-28,34-35,37H,1,13-14H2,2-7H3/t20?,21?,22-,23-,25+,26+,27+,28-,31-/m0/s1. The molecule has 0 aliphatic heterocycles. The van der Waals surface area contributed by atoms with Crippen LogP contribution in [-0.4, -0.2) is 69.3 Å². The first kappa shape index (κ1) is 30.0. The van der Waals surface area contributed by atoms with Crippen molar-refractivity contribution in [2.45, 2.75) is 90.5 Å².